The van der Waals surface area contributed by atoms with Gasteiger partial charge in [0, 0.05) is 35.6 Å². The fourth-order valence-corrected chi connectivity index (χ4v) is 3.37. The molecular formula is C27H30FN3O. The van der Waals surface area contributed by atoms with Gasteiger partial charge in [-0.2, -0.15) is 0 Å². The highest BCUT2D eigenvalue weighted by molar-refractivity contribution is 5.78. The van der Waals surface area contributed by atoms with E-state index in [1.54, 1.807) is 18.3 Å². The minimum Gasteiger partial charge on any atom is -0.381 e. The van der Waals surface area contributed by atoms with Crippen LogP contribution in [0.2, 0.25) is 0 Å². The van der Waals surface area contributed by atoms with Crippen molar-refractivity contribution in [1.82, 2.24) is 4.98 Å². The lowest BCUT2D eigenvalue weighted by Gasteiger charge is -2.14. The molecule has 0 unspecified atom stereocenters. The van der Waals surface area contributed by atoms with Gasteiger partial charge in [-0.3, -0.25) is 0 Å². The molecule has 0 spiro atoms. The summed E-state index contributed by atoms with van der Waals surface area (Å²) >= 11 is 0. The summed E-state index contributed by atoms with van der Waals surface area (Å²) in [6.45, 7) is 12.5. The highest BCUT2D eigenvalue weighted by Gasteiger charge is 2.13. The molecule has 1 aromatic heterocycles. The number of nitrogens with one attached hydrogen (secondary N) is 1. The second kappa shape index (κ2) is 10.2. The Balaban J connectivity index is 1.86. The van der Waals surface area contributed by atoms with Crippen LogP contribution in [0.4, 0.5) is 10.1 Å². The Hall–Kier alpha value is -3.47. The molecule has 4 nitrogen and oxygen atoms in total. The molecule has 0 amide bonds. The summed E-state index contributed by atoms with van der Waals surface area (Å²) in [5.74, 6) is 0.207. The smallest absolute Gasteiger partial charge is 0.248 e. The van der Waals surface area contributed by atoms with Crippen LogP contribution in [0.25, 0.3) is 22.3 Å². The Morgan fingerprint density at radius 2 is 1.69 bits per heavy atom. The first-order valence-electron chi connectivity index (χ1n) is 10.7. The van der Waals surface area contributed by atoms with Crippen molar-refractivity contribution in [2.75, 3.05) is 11.9 Å². The highest BCUT2D eigenvalue weighted by atomic mass is 19.1. The van der Waals surface area contributed by atoms with E-state index in [0.717, 1.165) is 39.2 Å². The van der Waals surface area contributed by atoms with Gasteiger partial charge in [0.15, 0.2) is 0 Å². The molecular weight excluding hydrogens is 401 g/mol. The minimum atomic E-state index is -0.239. The first-order valence-corrected chi connectivity index (χ1v) is 10.7. The predicted molar refractivity (Wildman–Crippen MR) is 132 cm³/mol. The molecule has 0 fully saturated rings. The van der Waals surface area contributed by atoms with Gasteiger partial charge < -0.3 is 10.2 Å². The van der Waals surface area contributed by atoms with E-state index in [9.17, 15) is 4.39 Å². The lowest BCUT2D eigenvalue weighted by atomic mass is 9.92. The van der Waals surface area contributed by atoms with E-state index >= 15 is 0 Å². The third-order valence-corrected chi connectivity index (χ3v) is 5.02. The fraction of sp³-hybridized carbons (Fsp3) is 0.259. The summed E-state index contributed by atoms with van der Waals surface area (Å²) in [7, 11) is 0. The maximum Gasteiger partial charge on any atom is 0.248 e. The lowest BCUT2D eigenvalue weighted by molar-refractivity contribution is 0.327. The van der Waals surface area contributed by atoms with Gasteiger partial charge in [-0.1, -0.05) is 28.9 Å². The van der Waals surface area contributed by atoms with Crippen LogP contribution in [0, 0.1) is 19.7 Å². The van der Waals surface area contributed by atoms with E-state index < -0.39 is 0 Å². The van der Waals surface area contributed by atoms with Crippen LogP contribution in [0.1, 0.15) is 38.8 Å². The number of nitrogens with zero attached hydrogens (tertiary/aromatic N) is 2. The lowest BCUT2D eigenvalue weighted by Crippen LogP contribution is -2.00. The number of pyridine rings is 1. The highest BCUT2D eigenvalue weighted by Crippen LogP contribution is 2.34. The van der Waals surface area contributed by atoms with E-state index in [4.69, 9.17) is 4.84 Å². The molecule has 0 radical (unpaired) electrons. The Labute approximate surface area is 189 Å². The molecule has 0 bridgehead atoms. The van der Waals surface area contributed by atoms with Crippen LogP contribution in [0.3, 0.4) is 0 Å². The zero-order chi connectivity index (χ0) is 23.3. The number of hydrogen-bond acceptors (Lipinski definition) is 4. The molecule has 166 valence electrons. The standard InChI is InChI=1S/C27H30FN3O/c1-17(2)11-12-29-22-8-9-23(26(28)15-22)25-14-19(5)24(13-20(25)6)21-7-10-27(30-16-21)32-31-18(3)4/h7-11,13-16,29H,12H2,1-6H3. The molecule has 0 aliphatic rings. The van der Waals surface area contributed by atoms with Crippen molar-refractivity contribution < 1.29 is 9.23 Å². The molecule has 0 atom stereocenters. The van der Waals surface area contributed by atoms with Crippen molar-refractivity contribution in [1.29, 1.82) is 0 Å². The zero-order valence-electron chi connectivity index (χ0n) is 19.6. The first kappa shape index (κ1) is 23.2. The van der Waals surface area contributed by atoms with Crippen LogP contribution in [0.15, 0.2) is 65.5 Å². The summed E-state index contributed by atoms with van der Waals surface area (Å²) in [6.07, 6.45) is 3.84. The van der Waals surface area contributed by atoms with Gasteiger partial charge in [-0.15, -0.1) is 0 Å². The summed E-state index contributed by atoms with van der Waals surface area (Å²) in [4.78, 5) is 9.61. The number of hydrogen-bond donors (Lipinski definition) is 1. The van der Waals surface area contributed by atoms with Crippen molar-refractivity contribution in [3.63, 3.8) is 0 Å². The van der Waals surface area contributed by atoms with Crippen LogP contribution < -0.4 is 10.2 Å². The van der Waals surface area contributed by atoms with E-state index in [0.29, 0.717) is 18.0 Å². The second-order valence-electron chi connectivity index (χ2n) is 8.35. The summed E-state index contributed by atoms with van der Waals surface area (Å²) in [5.41, 5.74) is 8.38. The number of anilines is 1. The monoisotopic (exact) mass is 431 g/mol. The minimum absolute atomic E-state index is 0.239. The average molecular weight is 432 g/mol. The molecule has 32 heavy (non-hydrogen) atoms. The molecule has 1 N–H and O–H groups in total. The van der Waals surface area contributed by atoms with Crippen molar-refractivity contribution in [3.05, 3.63) is 77.3 Å². The first-order chi connectivity index (χ1) is 15.2. The maximum atomic E-state index is 14.9. The number of oxime groups is 1. The molecule has 2 aromatic carbocycles. The molecule has 0 aliphatic carbocycles. The SMILES string of the molecule is CC(C)=CCNc1ccc(-c2cc(C)c(-c3ccc(ON=C(C)C)nc3)cc2C)c(F)c1. The average Bonchev–Trinajstić information content (AvgIpc) is 2.74. The quantitative estimate of drug-likeness (QED) is 0.242. The van der Waals surface area contributed by atoms with E-state index in [1.165, 1.54) is 5.57 Å². The number of benzene rings is 2. The van der Waals surface area contributed by atoms with Crippen molar-refractivity contribution in [2.45, 2.75) is 41.5 Å². The van der Waals surface area contributed by atoms with Gasteiger partial charge in [-0.25, -0.2) is 9.37 Å². The Kier molecular flexibility index (Phi) is 7.41. The maximum absolute atomic E-state index is 14.9. The van der Waals surface area contributed by atoms with E-state index in [1.807, 2.05) is 65.8 Å². The fourth-order valence-electron chi connectivity index (χ4n) is 3.37. The molecule has 3 aromatic rings. The topological polar surface area (TPSA) is 46.5 Å². The molecule has 3 rings (SSSR count). The zero-order valence-corrected chi connectivity index (χ0v) is 19.6. The van der Waals surface area contributed by atoms with Crippen LogP contribution in [0.5, 0.6) is 5.88 Å². The molecule has 0 saturated heterocycles. The molecule has 0 saturated carbocycles. The summed E-state index contributed by atoms with van der Waals surface area (Å²) in [5, 5.41) is 7.15. The number of halogens is 1. The third kappa shape index (κ3) is 5.82. The largest absolute Gasteiger partial charge is 0.381 e. The van der Waals surface area contributed by atoms with Gasteiger partial charge >= 0.3 is 0 Å². The van der Waals surface area contributed by atoms with Gasteiger partial charge in [0.05, 0.1) is 5.71 Å². The molecule has 5 heteroatoms. The Bertz CT molecular complexity index is 1160. The Morgan fingerprint density at radius 3 is 2.31 bits per heavy atom. The number of allylic oxidation sites excluding steroid dienone is 1. The van der Waals surface area contributed by atoms with E-state index in [-0.39, 0.29) is 5.82 Å². The number of rotatable bonds is 7. The van der Waals surface area contributed by atoms with Gasteiger partial charge in [-0.05, 0) is 88.1 Å². The normalized spacial score (nSPS) is 10.5. The predicted octanol–water partition coefficient (Wildman–Crippen LogP) is 7.32. The summed E-state index contributed by atoms with van der Waals surface area (Å²) in [6, 6.07) is 13.2. The Morgan fingerprint density at radius 1 is 0.969 bits per heavy atom. The second-order valence-corrected chi connectivity index (χ2v) is 8.35. The van der Waals surface area contributed by atoms with Crippen LogP contribution >= 0.6 is 0 Å². The van der Waals surface area contributed by atoms with Crippen LogP contribution in [-0.2, 0) is 0 Å². The van der Waals surface area contributed by atoms with E-state index in [2.05, 4.69) is 27.6 Å². The van der Waals surface area contributed by atoms with Crippen molar-refractivity contribution in [3.8, 4) is 28.1 Å². The molecule has 0 aliphatic heterocycles. The third-order valence-electron chi connectivity index (χ3n) is 5.02. The van der Waals surface area contributed by atoms with Gasteiger partial charge in [0.25, 0.3) is 0 Å². The van der Waals surface area contributed by atoms with Gasteiger partial charge in [0.1, 0.15) is 5.82 Å². The number of aryl methyl sites for hydroxylation is 2. The molecule has 1 heterocycles. The van der Waals surface area contributed by atoms with Crippen molar-refractivity contribution in [2.24, 2.45) is 5.16 Å². The summed E-state index contributed by atoms with van der Waals surface area (Å²) < 4.78 is 14.9. The van der Waals surface area contributed by atoms with Crippen LogP contribution in [-0.4, -0.2) is 17.2 Å². The number of aromatic nitrogens is 1. The van der Waals surface area contributed by atoms with Gasteiger partial charge in [0.2, 0.25) is 5.88 Å². The van der Waals surface area contributed by atoms with Crippen molar-refractivity contribution >= 4 is 11.4 Å².